The molecule has 6 heteroatoms. The van der Waals surface area contributed by atoms with Crippen LogP contribution in [0.1, 0.15) is 0 Å². The second kappa shape index (κ2) is 15.8. The van der Waals surface area contributed by atoms with Crippen LogP contribution in [-0.4, -0.2) is 24.9 Å². The van der Waals surface area contributed by atoms with Crippen LogP contribution in [0.3, 0.4) is 0 Å². The average Bonchev–Trinajstić information content (AvgIpc) is 3.85. The first-order valence-electron chi connectivity index (χ1n) is 22.4. The Morgan fingerprint density at radius 1 is 0.269 bits per heavy atom. The molecule has 0 spiro atoms. The number of fused-ring (bicyclic) bond motifs is 7. The second-order valence-electron chi connectivity index (χ2n) is 16.8. The van der Waals surface area contributed by atoms with Crippen molar-refractivity contribution in [3.63, 3.8) is 0 Å². The Labute approximate surface area is 385 Å². The van der Waals surface area contributed by atoms with Gasteiger partial charge in [-0.25, -0.2) is 24.9 Å². The first-order valence-corrected chi connectivity index (χ1v) is 22.4. The highest BCUT2D eigenvalue weighted by molar-refractivity contribution is 6.14. The molecule has 10 aromatic carbocycles. The molecule has 6 nitrogen and oxygen atoms in total. The summed E-state index contributed by atoms with van der Waals surface area (Å²) >= 11 is 0. The van der Waals surface area contributed by atoms with E-state index >= 15 is 0 Å². The van der Waals surface area contributed by atoms with Crippen molar-refractivity contribution in [1.29, 1.82) is 0 Å². The van der Waals surface area contributed by atoms with E-state index in [-0.39, 0.29) is 0 Å². The number of para-hydroxylation sites is 2. The van der Waals surface area contributed by atoms with Crippen molar-refractivity contribution < 1.29 is 4.42 Å². The summed E-state index contributed by atoms with van der Waals surface area (Å²) in [5, 5.41) is 9.25. The highest BCUT2D eigenvalue weighted by Crippen LogP contribution is 2.40. The van der Waals surface area contributed by atoms with Crippen LogP contribution < -0.4 is 0 Å². The highest BCUT2D eigenvalue weighted by Gasteiger charge is 2.20. The van der Waals surface area contributed by atoms with Crippen molar-refractivity contribution in [3.05, 3.63) is 224 Å². The third kappa shape index (κ3) is 6.87. The Morgan fingerprint density at radius 2 is 0.672 bits per heavy atom. The van der Waals surface area contributed by atoms with Gasteiger partial charge in [0.25, 0.3) is 0 Å². The summed E-state index contributed by atoms with van der Waals surface area (Å²) in [6, 6.07) is 77.6. The van der Waals surface area contributed by atoms with E-state index in [0.29, 0.717) is 23.1 Å². The minimum atomic E-state index is 0.476. The fourth-order valence-electron chi connectivity index (χ4n) is 9.48. The number of nitrogens with zero attached hydrogens (tertiary/aromatic N) is 5. The van der Waals surface area contributed by atoms with E-state index in [0.717, 1.165) is 88.8 Å². The van der Waals surface area contributed by atoms with Gasteiger partial charge in [0, 0.05) is 38.9 Å². The van der Waals surface area contributed by atoms with Crippen LogP contribution in [0.25, 0.3) is 133 Å². The first kappa shape index (κ1) is 38.3. The Kier molecular flexibility index (Phi) is 9.06. The number of oxazole rings is 1. The SMILES string of the molecule is c1ccc(-c2cc(-c3cc4ccccc4c4ccccc34)nc(-c3cc(-c4nc(-c5ccccc5)cc(-c5cc6ccccc6c6ccccc56)n4)cc(-c4nc5ccccc5o4)c3)n2)cc1. The van der Waals surface area contributed by atoms with E-state index in [9.17, 15) is 0 Å². The van der Waals surface area contributed by atoms with Crippen LogP contribution in [-0.2, 0) is 0 Å². The van der Waals surface area contributed by atoms with Gasteiger partial charge in [0.1, 0.15) is 5.52 Å². The fourth-order valence-corrected chi connectivity index (χ4v) is 9.48. The number of rotatable bonds is 7. The van der Waals surface area contributed by atoms with E-state index in [1.807, 2.05) is 60.7 Å². The summed E-state index contributed by atoms with van der Waals surface area (Å²) in [5.74, 6) is 1.57. The van der Waals surface area contributed by atoms with Gasteiger partial charge in [-0.05, 0) is 97.7 Å². The summed E-state index contributed by atoms with van der Waals surface area (Å²) in [6.07, 6.45) is 0. The molecule has 0 saturated carbocycles. The minimum Gasteiger partial charge on any atom is -0.436 e. The normalized spacial score (nSPS) is 11.6. The van der Waals surface area contributed by atoms with Gasteiger partial charge in [-0.2, -0.15) is 0 Å². The molecule has 67 heavy (non-hydrogen) atoms. The van der Waals surface area contributed by atoms with E-state index in [1.165, 1.54) is 21.5 Å². The van der Waals surface area contributed by atoms with Crippen molar-refractivity contribution in [1.82, 2.24) is 24.9 Å². The van der Waals surface area contributed by atoms with E-state index in [4.69, 9.17) is 29.3 Å². The van der Waals surface area contributed by atoms with Gasteiger partial charge < -0.3 is 4.42 Å². The molecule has 3 aromatic heterocycles. The molecular formula is C61H37N5O. The molecule has 0 radical (unpaired) electrons. The van der Waals surface area contributed by atoms with Crippen LogP contribution in [0.4, 0.5) is 0 Å². The van der Waals surface area contributed by atoms with Gasteiger partial charge in [0.15, 0.2) is 17.2 Å². The molecule has 0 aliphatic carbocycles. The lowest BCUT2D eigenvalue weighted by atomic mass is 9.94. The summed E-state index contributed by atoms with van der Waals surface area (Å²) in [6.45, 7) is 0. The Balaban J connectivity index is 1.08. The molecule has 312 valence electrons. The van der Waals surface area contributed by atoms with Crippen LogP contribution in [0.2, 0.25) is 0 Å². The molecule has 0 bridgehead atoms. The molecule has 0 unspecified atom stereocenters. The molecule has 0 fully saturated rings. The first-order chi connectivity index (χ1) is 33.2. The van der Waals surface area contributed by atoms with E-state index in [1.54, 1.807) is 0 Å². The number of hydrogen-bond acceptors (Lipinski definition) is 6. The van der Waals surface area contributed by atoms with Crippen molar-refractivity contribution >= 4 is 54.2 Å². The molecule has 13 rings (SSSR count). The lowest BCUT2D eigenvalue weighted by Crippen LogP contribution is -1.99. The quantitative estimate of drug-likeness (QED) is 0.149. The summed E-state index contributed by atoms with van der Waals surface area (Å²) in [5.41, 5.74) is 11.0. The standard InChI is InChI=1S/C61H37N5O/c1-3-17-38(18-4-1)54-36-56(51-34-40-21-7-9-23-45(40)47-25-11-13-27-49(47)51)64-59(62-54)42-31-43(33-44(32-42)61-66-53-29-15-16-30-58(53)67-61)60-63-55(39-19-5-2-6-20-39)37-57(65-60)52-35-41-22-8-10-24-46(41)48-26-12-14-28-50(48)52/h1-37H. The van der Waals surface area contributed by atoms with Crippen molar-refractivity contribution in [3.8, 4) is 79.3 Å². The maximum absolute atomic E-state index is 6.49. The Bertz CT molecular complexity index is 3790. The van der Waals surface area contributed by atoms with Gasteiger partial charge in [-0.1, -0.05) is 170 Å². The Morgan fingerprint density at radius 3 is 1.18 bits per heavy atom. The number of hydrogen-bond donors (Lipinski definition) is 0. The lowest BCUT2D eigenvalue weighted by molar-refractivity contribution is 0.620. The van der Waals surface area contributed by atoms with Crippen LogP contribution >= 0.6 is 0 Å². The highest BCUT2D eigenvalue weighted by atomic mass is 16.3. The molecule has 13 aromatic rings. The zero-order valence-corrected chi connectivity index (χ0v) is 36.0. The van der Waals surface area contributed by atoms with Crippen molar-refractivity contribution in [2.75, 3.05) is 0 Å². The molecule has 0 amide bonds. The predicted octanol–water partition coefficient (Wildman–Crippen LogP) is 15.7. The summed E-state index contributed by atoms with van der Waals surface area (Å²) < 4.78 is 6.49. The molecule has 0 saturated heterocycles. The molecule has 0 N–H and O–H groups in total. The predicted molar refractivity (Wildman–Crippen MR) is 273 cm³/mol. The third-order valence-corrected chi connectivity index (χ3v) is 12.7. The average molecular weight is 856 g/mol. The van der Waals surface area contributed by atoms with Gasteiger partial charge in [-0.3, -0.25) is 0 Å². The molecule has 0 atom stereocenters. The molecule has 3 heterocycles. The monoisotopic (exact) mass is 855 g/mol. The van der Waals surface area contributed by atoms with E-state index in [2.05, 4.69) is 164 Å². The van der Waals surface area contributed by atoms with Gasteiger partial charge in [0.2, 0.25) is 5.89 Å². The van der Waals surface area contributed by atoms with E-state index < -0.39 is 0 Å². The topological polar surface area (TPSA) is 77.6 Å². The maximum Gasteiger partial charge on any atom is 0.227 e. The van der Waals surface area contributed by atoms with Crippen LogP contribution in [0.5, 0.6) is 0 Å². The number of aromatic nitrogens is 5. The Hall–Kier alpha value is -9.13. The zero-order valence-electron chi connectivity index (χ0n) is 36.0. The number of benzene rings is 10. The van der Waals surface area contributed by atoms with Crippen molar-refractivity contribution in [2.24, 2.45) is 0 Å². The lowest BCUT2D eigenvalue weighted by Gasteiger charge is -2.15. The molecule has 0 aliphatic rings. The molecule has 0 aliphatic heterocycles. The smallest absolute Gasteiger partial charge is 0.227 e. The molecular weight excluding hydrogens is 819 g/mol. The summed E-state index contributed by atoms with van der Waals surface area (Å²) in [4.78, 5) is 26.6. The van der Waals surface area contributed by atoms with Crippen LogP contribution in [0, 0.1) is 0 Å². The minimum absolute atomic E-state index is 0.476. The third-order valence-electron chi connectivity index (χ3n) is 12.7. The van der Waals surface area contributed by atoms with Crippen LogP contribution in [0.15, 0.2) is 229 Å². The zero-order chi connectivity index (χ0) is 44.3. The van der Waals surface area contributed by atoms with Crippen molar-refractivity contribution in [2.45, 2.75) is 0 Å². The van der Waals surface area contributed by atoms with Gasteiger partial charge in [0.05, 0.1) is 22.8 Å². The summed E-state index contributed by atoms with van der Waals surface area (Å²) in [7, 11) is 0. The fraction of sp³-hybridized carbons (Fsp3) is 0. The maximum atomic E-state index is 6.49. The second-order valence-corrected chi connectivity index (χ2v) is 16.8. The van der Waals surface area contributed by atoms with Gasteiger partial charge >= 0.3 is 0 Å². The van der Waals surface area contributed by atoms with Gasteiger partial charge in [-0.15, -0.1) is 0 Å². The largest absolute Gasteiger partial charge is 0.436 e.